The van der Waals surface area contributed by atoms with E-state index in [2.05, 4.69) is 4.74 Å². The van der Waals surface area contributed by atoms with Crippen LogP contribution in [0.4, 0.5) is 52.7 Å². The maximum atomic E-state index is 13.6. The third-order valence-electron chi connectivity index (χ3n) is 4.21. The highest BCUT2D eigenvalue weighted by Gasteiger charge is 2.90. The monoisotopic (exact) mass is 548 g/mol. The van der Waals surface area contributed by atoms with Gasteiger partial charge in [0, 0.05) is 6.92 Å². The van der Waals surface area contributed by atoms with E-state index in [1.54, 1.807) is 6.07 Å². The average Bonchev–Trinajstić information content (AvgIpc) is 2.64. The lowest BCUT2D eigenvalue weighted by atomic mass is 9.94. The van der Waals surface area contributed by atoms with Crippen molar-refractivity contribution in [2.75, 3.05) is 6.61 Å². The second kappa shape index (κ2) is 9.06. The van der Waals surface area contributed by atoms with Crippen LogP contribution in [0.3, 0.4) is 0 Å². The maximum Gasteiger partial charge on any atom is 0.426 e. The molecule has 1 aromatic carbocycles. The minimum Gasteiger partial charge on any atom is -0.316 e. The summed E-state index contributed by atoms with van der Waals surface area (Å²) in [7, 11) is 0. The topological polar surface area (TPSA) is 9.23 Å². The van der Waals surface area contributed by atoms with Crippen LogP contribution in [0.2, 0.25) is 6.04 Å². The van der Waals surface area contributed by atoms with Crippen molar-refractivity contribution in [1.29, 1.82) is 0 Å². The van der Waals surface area contributed by atoms with E-state index >= 15 is 0 Å². The van der Waals surface area contributed by atoms with Gasteiger partial charge in [0.2, 0.25) is 0 Å². The van der Waals surface area contributed by atoms with Gasteiger partial charge in [-0.1, -0.05) is 30.3 Å². The summed E-state index contributed by atoms with van der Waals surface area (Å²) in [5, 5.41) is 0.370. The molecule has 0 radical (unpaired) electrons. The zero-order valence-corrected chi connectivity index (χ0v) is 18.2. The Labute approximate surface area is 184 Å². The van der Waals surface area contributed by atoms with Gasteiger partial charge in [-0.25, -0.2) is 0 Å². The second-order valence-electron chi connectivity index (χ2n) is 6.73. The highest BCUT2D eigenvalue weighted by Crippen LogP contribution is 2.60. The van der Waals surface area contributed by atoms with E-state index in [-0.39, 0.29) is 6.04 Å². The van der Waals surface area contributed by atoms with Gasteiger partial charge in [-0.2, -0.15) is 52.7 Å². The molecule has 0 aliphatic carbocycles. The Morgan fingerprint density at radius 3 is 1.59 bits per heavy atom. The van der Waals surface area contributed by atoms with Gasteiger partial charge in [0.05, 0.1) is 6.61 Å². The van der Waals surface area contributed by atoms with Crippen LogP contribution in [0.25, 0.3) is 0 Å². The quantitative estimate of drug-likeness (QED) is 0.125. The van der Waals surface area contributed by atoms with Gasteiger partial charge in [-0.3, -0.25) is 0 Å². The molecule has 0 aromatic heterocycles. The summed E-state index contributed by atoms with van der Waals surface area (Å²) < 4.78 is 163. The lowest BCUT2D eigenvalue weighted by molar-refractivity contribution is -0.456. The van der Waals surface area contributed by atoms with E-state index in [0.717, 1.165) is 0 Å². The molecule has 186 valence electrons. The number of halogens is 14. The highest BCUT2D eigenvalue weighted by molar-refractivity contribution is 7.50. The molecule has 0 atom stereocenters. The first kappa shape index (κ1) is 29.2. The summed E-state index contributed by atoms with van der Waals surface area (Å²) >= 11 is 12.1. The van der Waals surface area contributed by atoms with Gasteiger partial charge in [0.1, 0.15) is 0 Å². The molecule has 0 aliphatic heterocycles. The van der Waals surface area contributed by atoms with Crippen molar-refractivity contribution in [3.63, 3.8) is 0 Å². The van der Waals surface area contributed by atoms with Crippen molar-refractivity contribution in [2.24, 2.45) is 0 Å². The number of hydrogen-bond acceptors (Lipinski definition) is 1. The van der Waals surface area contributed by atoms with Crippen molar-refractivity contribution < 1.29 is 57.4 Å². The summed E-state index contributed by atoms with van der Waals surface area (Å²) in [5.41, 5.74) is 0. The first-order valence-electron chi connectivity index (χ1n) is 8.40. The van der Waals surface area contributed by atoms with E-state index < -0.39 is 62.4 Å². The number of ether oxygens (including phenoxy) is 1. The minimum atomic E-state index is -7.64. The molecule has 0 spiro atoms. The van der Waals surface area contributed by atoms with Crippen molar-refractivity contribution in [3.05, 3.63) is 30.3 Å². The van der Waals surface area contributed by atoms with Gasteiger partial charge < -0.3 is 4.74 Å². The molecule has 32 heavy (non-hydrogen) atoms. The Kier molecular flexibility index (Phi) is 8.26. The van der Waals surface area contributed by atoms with Crippen LogP contribution in [-0.2, 0) is 4.74 Å². The summed E-state index contributed by atoms with van der Waals surface area (Å²) in [4.78, 5) is 0. The Morgan fingerprint density at radius 2 is 1.16 bits per heavy atom. The number of alkyl halides is 12. The minimum absolute atomic E-state index is 0.339. The zero-order chi connectivity index (χ0) is 25.4. The van der Waals surface area contributed by atoms with E-state index in [1.165, 1.54) is 24.3 Å². The molecule has 1 rings (SSSR count). The van der Waals surface area contributed by atoms with E-state index in [1.807, 2.05) is 0 Å². The fraction of sp³-hybridized carbons (Fsp3) is 0.625. The molecule has 16 heteroatoms. The third-order valence-corrected chi connectivity index (χ3v) is 8.82. The maximum absolute atomic E-state index is 13.6. The second-order valence-corrected chi connectivity index (χ2v) is 13.7. The van der Waals surface area contributed by atoms with Crippen LogP contribution >= 0.6 is 22.2 Å². The normalized spacial score (nSPS) is 15.2. The van der Waals surface area contributed by atoms with Crippen LogP contribution < -0.4 is 5.19 Å². The fourth-order valence-electron chi connectivity index (χ4n) is 2.26. The summed E-state index contributed by atoms with van der Waals surface area (Å²) in [6.07, 6.45) is -7.10. The summed E-state index contributed by atoms with van der Waals surface area (Å²) in [6.45, 7) is -5.80. The van der Waals surface area contributed by atoms with E-state index in [9.17, 15) is 52.7 Å². The fourth-order valence-corrected chi connectivity index (χ4v) is 5.38. The number of hydrogen-bond donors (Lipinski definition) is 0. The Balaban J connectivity index is 2.99. The number of benzene rings is 1. The van der Waals surface area contributed by atoms with Crippen molar-refractivity contribution >= 4 is 34.0 Å². The molecule has 1 nitrogen and oxygen atoms in total. The molecule has 0 bridgehead atoms. The molecule has 1 aromatic rings. The van der Waals surface area contributed by atoms with Crippen molar-refractivity contribution in [1.82, 2.24) is 0 Å². The highest BCUT2D eigenvalue weighted by atomic mass is 35.7. The largest absolute Gasteiger partial charge is 0.426 e. The molecule has 0 saturated carbocycles. The third kappa shape index (κ3) is 5.12. The van der Waals surface area contributed by atoms with Gasteiger partial charge in [-0.05, 0) is 17.7 Å². The average molecular weight is 549 g/mol. The van der Waals surface area contributed by atoms with E-state index in [4.69, 9.17) is 22.2 Å². The molecule has 0 heterocycles. The lowest BCUT2D eigenvalue weighted by Crippen LogP contribution is -2.70. The first-order chi connectivity index (χ1) is 14.1. The predicted molar refractivity (Wildman–Crippen MR) is 94.3 cm³/mol. The first-order valence-corrected chi connectivity index (χ1v) is 12.6. The van der Waals surface area contributed by atoms with E-state index in [0.29, 0.717) is 5.19 Å². The van der Waals surface area contributed by atoms with Gasteiger partial charge >= 0.3 is 35.7 Å². The van der Waals surface area contributed by atoms with Crippen molar-refractivity contribution in [3.8, 4) is 0 Å². The van der Waals surface area contributed by atoms with Gasteiger partial charge in [-0.15, -0.1) is 22.2 Å². The van der Waals surface area contributed by atoms with Crippen LogP contribution in [0.15, 0.2) is 30.3 Å². The molecule has 0 N–H and O–H groups in total. The summed E-state index contributed by atoms with van der Waals surface area (Å²) in [6, 6.07) is 7.20. The molecular formula is C16H14Cl2F12OSi. The molecule has 0 unspecified atom stereocenters. The van der Waals surface area contributed by atoms with Crippen LogP contribution in [0.5, 0.6) is 0 Å². The Morgan fingerprint density at radius 1 is 0.719 bits per heavy atom. The smallest absolute Gasteiger partial charge is 0.316 e. The summed E-state index contributed by atoms with van der Waals surface area (Å²) in [5.74, 6) is -35.6. The van der Waals surface area contributed by atoms with Crippen molar-refractivity contribution in [2.45, 2.75) is 55.1 Å². The standard InChI is InChI=1S/C16H14Cl2F12OSi/c1-11(19,20)12(21,22)13(23,24)14(25,26)15(27,28)16(29,30)31-8-5-9-32(17,18)10-6-3-2-4-7-10/h2-4,6-7H,5,8-9H2,1H3. The van der Waals surface area contributed by atoms with Crippen LogP contribution in [-0.4, -0.2) is 49.0 Å². The van der Waals surface area contributed by atoms with Gasteiger partial charge in [0.25, 0.3) is 6.69 Å². The van der Waals surface area contributed by atoms with Crippen LogP contribution in [0.1, 0.15) is 13.3 Å². The SMILES string of the molecule is CC(F)(F)C(F)(F)C(F)(F)C(F)(F)C(F)(F)C(F)(F)OCCC[Si](Cl)(Cl)c1ccccc1. The Hall–Kier alpha value is -0.863. The van der Waals surface area contributed by atoms with Crippen LogP contribution in [0, 0.1) is 0 Å². The Bertz CT molecular complexity index is 768. The molecule has 0 aliphatic rings. The van der Waals surface area contributed by atoms with Gasteiger partial charge in [0.15, 0.2) is 0 Å². The molecule has 0 saturated heterocycles. The molecule has 0 amide bonds. The number of rotatable bonds is 11. The molecule has 0 fully saturated rings. The zero-order valence-electron chi connectivity index (χ0n) is 15.7. The molecular weight excluding hydrogens is 535 g/mol. The predicted octanol–water partition coefficient (Wildman–Crippen LogP) is 7.01. The lowest BCUT2D eigenvalue weighted by Gasteiger charge is -2.40.